The first-order valence-corrected chi connectivity index (χ1v) is 13.0. The Kier molecular flexibility index (Phi) is 6.79. The van der Waals surface area contributed by atoms with Gasteiger partial charge in [-0.15, -0.1) is 11.3 Å². The zero-order chi connectivity index (χ0) is 22.7. The lowest BCUT2D eigenvalue weighted by molar-refractivity contribution is 0.102. The Balaban J connectivity index is 1.37. The predicted octanol–water partition coefficient (Wildman–Crippen LogP) is 4.39. The second-order valence-electron chi connectivity index (χ2n) is 8.03. The summed E-state index contributed by atoms with van der Waals surface area (Å²) in [4.78, 5) is 34.7. The molecule has 0 unspecified atom stereocenters. The van der Waals surface area contributed by atoms with Crippen LogP contribution in [-0.2, 0) is 11.1 Å². The van der Waals surface area contributed by atoms with Gasteiger partial charge >= 0.3 is 7.60 Å². The highest BCUT2D eigenvalue weighted by molar-refractivity contribution is 7.52. The molecular weight excluding hydrogens is 445 g/mol. The van der Waals surface area contributed by atoms with Gasteiger partial charge in [-0.05, 0) is 72.8 Å². The highest BCUT2D eigenvalue weighted by atomic mass is 32.1. The smallest absolute Gasteiger partial charge is 0.328 e. The molecule has 1 amide bonds. The maximum absolute atomic E-state index is 12.7. The van der Waals surface area contributed by atoms with E-state index in [4.69, 9.17) is 5.73 Å². The van der Waals surface area contributed by atoms with E-state index in [9.17, 15) is 19.1 Å². The maximum atomic E-state index is 12.7. The van der Waals surface area contributed by atoms with E-state index in [1.54, 1.807) is 29.5 Å². The van der Waals surface area contributed by atoms with E-state index in [0.29, 0.717) is 49.4 Å². The summed E-state index contributed by atoms with van der Waals surface area (Å²) in [6.45, 7) is 1.99. The lowest BCUT2D eigenvalue weighted by Crippen LogP contribution is -2.35. The molecule has 9 heteroatoms. The van der Waals surface area contributed by atoms with E-state index in [2.05, 4.69) is 10.2 Å². The van der Waals surface area contributed by atoms with Gasteiger partial charge in [0.15, 0.2) is 0 Å². The Labute approximate surface area is 191 Å². The second-order valence-corrected chi connectivity index (χ2v) is 10.9. The quantitative estimate of drug-likeness (QED) is 0.313. The minimum absolute atomic E-state index is 0.228. The van der Waals surface area contributed by atoms with Crippen molar-refractivity contribution in [1.82, 2.24) is 4.90 Å². The van der Waals surface area contributed by atoms with Crippen LogP contribution in [0.2, 0.25) is 0 Å². The van der Waals surface area contributed by atoms with Gasteiger partial charge in [-0.25, -0.2) is 0 Å². The van der Waals surface area contributed by atoms with Gasteiger partial charge < -0.3 is 20.8 Å². The highest BCUT2D eigenvalue weighted by Crippen LogP contribution is 2.46. The summed E-state index contributed by atoms with van der Waals surface area (Å²) in [6, 6.07) is 17.0. The lowest BCUT2D eigenvalue weighted by Gasteiger charge is -2.32. The van der Waals surface area contributed by atoms with Gasteiger partial charge in [0.05, 0.1) is 17.0 Å². The van der Waals surface area contributed by atoms with Gasteiger partial charge in [0.25, 0.3) is 5.91 Å². The van der Waals surface area contributed by atoms with Gasteiger partial charge in [0, 0.05) is 17.0 Å². The molecule has 0 saturated carbocycles. The molecular formula is C23H26N3O4PS. The van der Waals surface area contributed by atoms with Crippen LogP contribution in [0.15, 0.2) is 60.0 Å². The molecule has 0 radical (unpaired) electrons. The molecule has 2 aromatic carbocycles. The molecule has 0 atom stereocenters. The second kappa shape index (κ2) is 9.57. The normalized spacial score (nSPS) is 15.6. The number of piperidine rings is 1. The summed E-state index contributed by atoms with van der Waals surface area (Å²) in [6.07, 6.45) is 0.994. The van der Waals surface area contributed by atoms with Crippen LogP contribution in [0.1, 0.15) is 28.8 Å². The Morgan fingerprint density at radius 1 is 1.12 bits per heavy atom. The number of amides is 1. The van der Waals surface area contributed by atoms with E-state index in [1.807, 2.05) is 41.8 Å². The number of hydrogen-bond acceptors (Lipinski definition) is 5. The molecule has 168 valence electrons. The number of carbonyl (C=O) groups excluding carboxylic acids is 1. The molecule has 1 aliphatic rings. The van der Waals surface area contributed by atoms with Crippen LogP contribution in [0.3, 0.4) is 0 Å². The van der Waals surface area contributed by atoms with E-state index < -0.39 is 13.3 Å². The van der Waals surface area contributed by atoms with Crippen LogP contribution in [-0.4, -0.2) is 39.3 Å². The summed E-state index contributed by atoms with van der Waals surface area (Å²) in [7, 11) is -4.00. The first kappa shape index (κ1) is 22.7. The molecule has 1 fully saturated rings. The summed E-state index contributed by atoms with van der Waals surface area (Å²) >= 11 is 1.63. The van der Waals surface area contributed by atoms with Crippen molar-refractivity contribution >= 4 is 36.2 Å². The Bertz CT molecular complexity index is 1120. The van der Waals surface area contributed by atoms with E-state index in [0.717, 1.165) is 16.0 Å². The Morgan fingerprint density at radius 3 is 2.47 bits per heavy atom. The van der Waals surface area contributed by atoms with Gasteiger partial charge in [-0.2, -0.15) is 0 Å². The minimum atomic E-state index is -4.00. The number of hydrogen-bond donors (Lipinski definition) is 4. The Hall–Kier alpha value is -2.48. The van der Waals surface area contributed by atoms with E-state index >= 15 is 0 Å². The number of rotatable bonds is 6. The number of likely N-dealkylation sites (tertiary alicyclic amines) is 1. The number of nitrogens with two attached hydrogens (primary N) is 1. The van der Waals surface area contributed by atoms with Gasteiger partial charge in [0.2, 0.25) is 0 Å². The molecule has 3 aromatic rings. The number of carbonyl (C=O) groups is 1. The molecule has 1 aromatic heterocycles. The number of thiophene rings is 1. The van der Waals surface area contributed by atoms with Crippen LogP contribution in [0.4, 0.5) is 11.4 Å². The van der Waals surface area contributed by atoms with Crippen molar-refractivity contribution in [3.63, 3.8) is 0 Å². The summed E-state index contributed by atoms with van der Waals surface area (Å²) in [5.74, 6) is -0.228. The molecule has 32 heavy (non-hydrogen) atoms. The van der Waals surface area contributed by atoms with Gasteiger partial charge in [0.1, 0.15) is 0 Å². The fourth-order valence-electron chi connectivity index (χ4n) is 3.89. The van der Waals surface area contributed by atoms with Gasteiger partial charge in [-0.3, -0.25) is 14.3 Å². The number of nitrogens with zero attached hydrogens (tertiary/aromatic N) is 1. The standard InChI is InChI=1S/C23H26N3O4PS/c24-20-8-7-18(22-2-1-13-32-22)14-21(20)25-23(27)17-5-3-16(4-6-17)15-26-11-9-19(10-12-26)31(28,29)30/h1-8,13-14,19H,9-12,15,24H2,(H,25,27)(H2,28,29,30). The molecule has 7 nitrogen and oxygen atoms in total. The largest absolute Gasteiger partial charge is 0.397 e. The predicted molar refractivity (Wildman–Crippen MR) is 129 cm³/mol. The molecule has 5 N–H and O–H groups in total. The third-order valence-corrected chi connectivity index (χ3v) is 8.15. The van der Waals surface area contributed by atoms with Crippen molar-refractivity contribution in [3.05, 3.63) is 71.1 Å². The summed E-state index contributed by atoms with van der Waals surface area (Å²) in [5, 5.41) is 4.91. The van der Waals surface area contributed by atoms with E-state index in [-0.39, 0.29) is 5.91 Å². The van der Waals surface area contributed by atoms with Crippen molar-refractivity contribution in [1.29, 1.82) is 0 Å². The van der Waals surface area contributed by atoms with Crippen LogP contribution in [0.5, 0.6) is 0 Å². The third-order valence-electron chi connectivity index (χ3n) is 5.76. The van der Waals surface area contributed by atoms with Crippen molar-refractivity contribution in [3.8, 4) is 10.4 Å². The monoisotopic (exact) mass is 471 g/mol. The molecule has 1 saturated heterocycles. The maximum Gasteiger partial charge on any atom is 0.328 e. The molecule has 1 aliphatic heterocycles. The zero-order valence-corrected chi connectivity index (χ0v) is 19.2. The average Bonchev–Trinajstić information content (AvgIpc) is 3.30. The molecule has 0 bridgehead atoms. The number of benzene rings is 2. The molecule has 4 rings (SSSR count). The summed E-state index contributed by atoms with van der Waals surface area (Å²) in [5.41, 5.74) is 9.22. The van der Waals surface area contributed by atoms with E-state index in [1.165, 1.54) is 0 Å². The average molecular weight is 472 g/mol. The van der Waals surface area contributed by atoms with Crippen LogP contribution >= 0.6 is 18.9 Å². The van der Waals surface area contributed by atoms with Crippen LogP contribution in [0.25, 0.3) is 10.4 Å². The molecule has 0 aliphatic carbocycles. The first-order valence-electron chi connectivity index (χ1n) is 10.4. The SMILES string of the molecule is Nc1ccc(-c2cccs2)cc1NC(=O)c1ccc(CN2CCC(P(=O)(O)O)CC2)cc1. The fraction of sp³-hybridized carbons (Fsp3) is 0.261. The van der Waals surface area contributed by atoms with Crippen LogP contribution < -0.4 is 11.1 Å². The number of nitrogen functional groups attached to an aromatic ring is 1. The minimum Gasteiger partial charge on any atom is -0.397 e. The fourth-order valence-corrected chi connectivity index (χ4v) is 5.52. The van der Waals surface area contributed by atoms with Crippen LogP contribution in [0, 0.1) is 0 Å². The van der Waals surface area contributed by atoms with Crippen molar-refractivity contribution in [2.75, 3.05) is 24.1 Å². The number of nitrogens with one attached hydrogen (secondary N) is 1. The van der Waals surface area contributed by atoms with Crippen molar-refractivity contribution < 1.29 is 19.1 Å². The molecule has 2 heterocycles. The Morgan fingerprint density at radius 2 is 1.84 bits per heavy atom. The highest BCUT2D eigenvalue weighted by Gasteiger charge is 2.32. The zero-order valence-electron chi connectivity index (χ0n) is 17.5. The van der Waals surface area contributed by atoms with Crippen molar-refractivity contribution in [2.24, 2.45) is 0 Å². The lowest BCUT2D eigenvalue weighted by atomic mass is 10.1. The topological polar surface area (TPSA) is 116 Å². The third kappa shape index (κ3) is 5.46. The van der Waals surface area contributed by atoms with Crippen molar-refractivity contribution in [2.45, 2.75) is 25.0 Å². The number of anilines is 2. The first-order chi connectivity index (χ1) is 15.3. The van der Waals surface area contributed by atoms with Gasteiger partial charge in [-0.1, -0.05) is 24.3 Å². The summed E-state index contributed by atoms with van der Waals surface area (Å²) < 4.78 is 11.4. The molecule has 0 spiro atoms.